The summed E-state index contributed by atoms with van der Waals surface area (Å²) in [5, 5.41) is 10.4. The number of nitrogens with one attached hydrogen (secondary N) is 1. The molecule has 2 N–H and O–H groups in total. The van der Waals surface area contributed by atoms with Gasteiger partial charge in [0.15, 0.2) is 0 Å². The third-order valence-electron chi connectivity index (χ3n) is 3.03. The van der Waals surface area contributed by atoms with Crippen LogP contribution in [0, 0.1) is 20.8 Å². The van der Waals surface area contributed by atoms with Crippen LogP contribution in [0.4, 0.5) is 0 Å². The predicted octanol–water partition coefficient (Wildman–Crippen LogP) is 2.59. The second-order valence-corrected chi connectivity index (χ2v) is 3.82. The van der Waals surface area contributed by atoms with Crippen LogP contribution in [0.2, 0.25) is 0 Å². The van der Waals surface area contributed by atoms with Crippen molar-refractivity contribution in [2.75, 3.05) is 0 Å². The highest BCUT2D eigenvalue weighted by molar-refractivity contribution is 5.87. The van der Waals surface area contributed by atoms with Crippen LogP contribution >= 0.6 is 0 Å². The number of benzene rings is 1. The Labute approximate surface area is 83.6 Å². The molecule has 2 aromatic rings. The minimum Gasteiger partial charge on any atom is -0.390 e. The van der Waals surface area contributed by atoms with Gasteiger partial charge in [0.1, 0.15) is 0 Å². The van der Waals surface area contributed by atoms with Gasteiger partial charge in [-0.05, 0) is 37.5 Å². The van der Waals surface area contributed by atoms with Crippen LogP contribution in [0.3, 0.4) is 0 Å². The van der Waals surface area contributed by atoms with E-state index in [1.165, 1.54) is 16.5 Å². The number of hydrogen-bond acceptors (Lipinski definition) is 1. The summed E-state index contributed by atoms with van der Waals surface area (Å²) in [6.45, 7) is 6.33. The Morgan fingerprint density at radius 3 is 2.50 bits per heavy atom. The molecule has 0 saturated carbocycles. The van der Waals surface area contributed by atoms with Gasteiger partial charge in [-0.15, -0.1) is 0 Å². The van der Waals surface area contributed by atoms with E-state index in [4.69, 9.17) is 5.11 Å². The van der Waals surface area contributed by atoms with Crippen molar-refractivity contribution < 1.29 is 5.11 Å². The second-order valence-electron chi connectivity index (χ2n) is 3.82. The molecule has 2 nitrogen and oxygen atoms in total. The molecule has 0 spiro atoms. The van der Waals surface area contributed by atoms with Gasteiger partial charge in [-0.2, -0.15) is 0 Å². The van der Waals surface area contributed by atoms with Crippen molar-refractivity contribution in [3.63, 3.8) is 0 Å². The quantitative estimate of drug-likeness (QED) is 0.710. The van der Waals surface area contributed by atoms with Crippen molar-refractivity contribution in [3.8, 4) is 0 Å². The number of hydrogen-bond donors (Lipinski definition) is 2. The molecular weight excluding hydrogens is 174 g/mol. The number of aromatic amines is 1. The van der Waals surface area contributed by atoms with Gasteiger partial charge < -0.3 is 10.1 Å². The van der Waals surface area contributed by atoms with Crippen molar-refractivity contribution in [2.45, 2.75) is 27.4 Å². The normalized spacial score (nSPS) is 11.1. The van der Waals surface area contributed by atoms with Crippen LogP contribution in [0.5, 0.6) is 0 Å². The highest BCUT2D eigenvalue weighted by Crippen LogP contribution is 2.26. The molecule has 0 radical (unpaired) electrons. The molecule has 1 aromatic carbocycles. The molecule has 0 bridgehead atoms. The second kappa shape index (κ2) is 3.14. The number of aliphatic hydroxyl groups is 1. The molecule has 0 aliphatic heterocycles. The van der Waals surface area contributed by atoms with Crippen molar-refractivity contribution in [3.05, 3.63) is 34.5 Å². The lowest BCUT2D eigenvalue weighted by Crippen LogP contribution is -1.84. The van der Waals surface area contributed by atoms with Crippen molar-refractivity contribution in [1.82, 2.24) is 4.98 Å². The number of aryl methyl sites for hydroxylation is 3. The third kappa shape index (κ3) is 1.15. The first kappa shape index (κ1) is 9.28. The summed E-state index contributed by atoms with van der Waals surface area (Å²) in [6, 6.07) is 4.24. The molecule has 1 aromatic heterocycles. The van der Waals surface area contributed by atoms with Gasteiger partial charge in [-0.3, -0.25) is 0 Å². The van der Waals surface area contributed by atoms with Gasteiger partial charge in [-0.1, -0.05) is 12.1 Å². The SMILES string of the molecule is Cc1ccc2c(C)c(CO)[nH]c2c1C. The highest BCUT2D eigenvalue weighted by Gasteiger charge is 2.08. The lowest BCUT2D eigenvalue weighted by Gasteiger charge is -2.00. The topological polar surface area (TPSA) is 36.0 Å². The van der Waals surface area contributed by atoms with Crippen LogP contribution in [0.1, 0.15) is 22.4 Å². The van der Waals surface area contributed by atoms with Gasteiger partial charge in [0.25, 0.3) is 0 Å². The first-order valence-electron chi connectivity index (χ1n) is 4.83. The van der Waals surface area contributed by atoms with Crippen LogP contribution in [-0.4, -0.2) is 10.1 Å². The van der Waals surface area contributed by atoms with E-state index in [0.29, 0.717) is 0 Å². The Balaban J connectivity index is 2.85. The van der Waals surface area contributed by atoms with E-state index < -0.39 is 0 Å². The molecule has 0 fully saturated rings. The highest BCUT2D eigenvalue weighted by atomic mass is 16.3. The summed E-state index contributed by atoms with van der Waals surface area (Å²) in [4.78, 5) is 3.27. The molecule has 14 heavy (non-hydrogen) atoms. The Bertz CT molecular complexity index is 483. The largest absolute Gasteiger partial charge is 0.390 e. The molecule has 0 amide bonds. The summed E-state index contributed by atoms with van der Waals surface area (Å²) in [5.41, 5.74) is 5.79. The molecule has 74 valence electrons. The number of rotatable bonds is 1. The summed E-state index contributed by atoms with van der Waals surface area (Å²) >= 11 is 0. The molecule has 0 atom stereocenters. The van der Waals surface area contributed by atoms with Gasteiger partial charge >= 0.3 is 0 Å². The minimum absolute atomic E-state index is 0.0823. The lowest BCUT2D eigenvalue weighted by molar-refractivity contribution is 0.277. The molecule has 0 saturated heterocycles. The van der Waals surface area contributed by atoms with Gasteiger partial charge in [0.2, 0.25) is 0 Å². The maximum absolute atomic E-state index is 9.15. The minimum atomic E-state index is 0.0823. The maximum atomic E-state index is 9.15. The fourth-order valence-electron chi connectivity index (χ4n) is 1.85. The molecular formula is C12H15NO. The van der Waals surface area contributed by atoms with Crippen molar-refractivity contribution in [1.29, 1.82) is 0 Å². The zero-order chi connectivity index (χ0) is 10.3. The Hall–Kier alpha value is -1.28. The summed E-state index contributed by atoms with van der Waals surface area (Å²) in [6.07, 6.45) is 0. The number of fused-ring (bicyclic) bond motifs is 1. The zero-order valence-corrected chi connectivity index (χ0v) is 8.81. The third-order valence-corrected chi connectivity index (χ3v) is 3.03. The Kier molecular flexibility index (Phi) is 2.08. The van der Waals surface area contributed by atoms with Gasteiger partial charge in [0, 0.05) is 16.6 Å². The standard InChI is InChI=1S/C12H15NO/c1-7-4-5-10-9(3)11(6-14)13-12(10)8(7)2/h4-5,13-14H,6H2,1-3H3. The van der Waals surface area contributed by atoms with Crippen LogP contribution < -0.4 is 0 Å². The van der Waals surface area contributed by atoms with E-state index in [1.54, 1.807) is 0 Å². The fourth-order valence-corrected chi connectivity index (χ4v) is 1.85. The zero-order valence-electron chi connectivity index (χ0n) is 8.81. The Morgan fingerprint density at radius 2 is 1.86 bits per heavy atom. The molecule has 1 heterocycles. The number of H-pyrrole nitrogens is 1. The van der Waals surface area contributed by atoms with Gasteiger partial charge in [0.05, 0.1) is 6.61 Å². The van der Waals surface area contributed by atoms with E-state index in [9.17, 15) is 0 Å². The Morgan fingerprint density at radius 1 is 1.14 bits per heavy atom. The average Bonchev–Trinajstić information content (AvgIpc) is 2.50. The van der Waals surface area contributed by atoms with Crippen molar-refractivity contribution in [2.24, 2.45) is 0 Å². The van der Waals surface area contributed by atoms with Crippen LogP contribution in [-0.2, 0) is 6.61 Å². The van der Waals surface area contributed by atoms with E-state index >= 15 is 0 Å². The first-order valence-corrected chi connectivity index (χ1v) is 4.83. The van der Waals surface area contributed by atoms with Crippen LogP contribution in [0.25, 0.3) is 10.9 Å². The van der Waals surface area contributed by atoms with Crippen LogP contribution in [0.15, 0.2) is 12.1 Å². The summed E-state index contributed by atoms with van der Waals surface area (Å²) < 4.78 is 0. The smallest absolute Gasteiger partial charge is 0.0833 e. The van der Waals surface area contributed by atoms with E-state index in [0.717, 1.165) is 16.8 Å². The summed E-state index contributed by atoms with van der Waals surface area (Å²) in [7, 11) is 0. The lowest BCUT2D eigenvalue weighted by atomic mass is 10.0. The average molecular weight is 189 g/mol. The number of aromatic nitrogens is 1. The van der Waals surface area contributed by atoms with Gasteiger partial charge in [-0.25, -0.2) is 0 Å². The first-order chi connectivity index (χ1) is 6.65. The van der Waals surface area contributed by atoms with E-state index in [-0.39, 0.29) is 6.61 Å². The number of aliphatic hydroxyl groups excluding tert-OH is 1. The molecule has 2 rings (SSSR count). The summed E-state index contributed by atoms with van der Waals surface area (Å²) in [5.74, 6) is 0. The molecule has 0 unspecified atom stereocenters. The molecule has 0 aliphatic rings. The van der Waals surface area contributed by atoms with E-state index in [2.05, 4.69) is 31.0 Å². The molecule has 0 aliphatic carbocycles. The maximum Gasteiger partial charge on any atom is 0.0833 e. The monoisotopic (exact) mass is 189 g/mol. The fraction of sp³-hybridized carbons (Fsp3) is 0.333. The molecule has 2 heteroatoms. The predicted molar refractivity (Wildman–Crippen MR) is 58.4 cm³/mol. The van der Waals surface area contributed by atoms with Crippen molar-refractivity contribution >= 4 is 10.9 Å². The van der Waals surface area contributed by atoms with E-state index in [1.807, 2.05) is 6.92 Å².